The van der Waals surface area contributed by atoms with E-state index in [2.05, 4.69) is 17.0 Å². The predicted octanol–water partition coefficient (Wildman–Crippen LogP) is 4.18. The molecular formula is C21H24FNO3. The van der Waals surface area contributed by atoms with E-state index in [9.17, 15) is 9.18 Å². The van der Waals surface area contributed by atoms with Crippen LogP contribution in [0.15, 0.2) is 48.5 Å². The van der Waals surface area contributed by atoms with Gasteiger partial charge in [0.2, 0.25) is 0 Å². The van der Waals surface area contributed by atoms with Gasteiger partial charge in [0.1, 0.15) is 18.2 Å². The second-order valence-corrected chi connectivity index (χ2v) is 6.43. The monoisotopic (exact) mass is 357 g/mol. The third kappa shape index (κ3) is 4.75. The van der Waals surface area contributed by atoms with E-state index in [-0.39, 0.29) is 17.7 Å². The van der Waals surface area contributed by atoms with Crippen LogP contribution in [0, 0.1) is 11.7 Å². The summed E-state index contributed by atoms with van der Waals surface area (Å²) in [5, 5.41) is 0. The zero-order valence-electron chi connectivity index (χ0n) is 15.0. The Morgan fingerprint density at radius 3 is 2.58 bits per heavy atom. The van der Waals surface area contributed by atoms with Crippen molar-refractivity contribution in [3.05, 3.63) is 59.9 Å². The predicted molar refractivity (Wildman–Crippen MR) is 98.7 cm³/mol. The minimum Gasteiger partial charge on any atom is -0.489 e. The van der Waals surface area contributed by atoms with Crippen LogP contribution in [0.1, 0.15) is 25.3 Å². The van der Waals surface area contributed by atoms with Crippen molar-refractivity contribution < 1.29 is 18.7 Å². The molecule has 3 rings (SSSR count). The number of rotatable bonds is 6. The molecule has 1 heterocycles. The zero-order chi connectivity index (χ0) is 18.4. The first-order valence-electron chi connectivity index (χ1n) is 9.04. The molecule has 1 aliphatic heterocycles. The van der Waals surface area contributed by atoms with E-state index in [1.807, 2.05) is 19.1 Å². The van der Waals surface area contributed by atoms with Crippen LogP contribution in [0.3, 0.4) is 0 Å². The summed E-state index contributed by atoms with van der Waals surface area (Å²) in [5.74, 6) is 0.308. The average molecular weight is 357 g/mol. The van der Waals surface area contributed by atoms with Crippen LogP contribution >= 0.6 is 0 Å². The number of esters is 1. The quantitative estimate of drug-likeness (QED) is 0.727. The van der Waals surface area contributed by atoms with Crippen molar-refractivity contribution >= 4 is 11.7 Å². The van der Waals surface area contributed by atoms with Crippen LogP contribution in [0.4, 0.5) is 10.1 Å². The van der Waals surface area contributed by atoms with Crippen molar-refractivity contribution in [1.82, 2.24) is 0 Å². The van der Waals surface area contributed by atoms with E-state index >= 15 is 0 Å². The van der Waals surface area contributed by atoms with Gasteiger partial charge in [0, 0.05) is 18.8 Å². The number of hydrogen-bond donors (Lipinski definition) is 0. The topological polar surface area (TPSA) is 38.8 Å². The molecule has 2 aromatic rings. The molecule has 0 amide bonds. The summed E-state index contributed by atoms with van der Waals surface area (Å²) >= 11 is 0. The molecule has 4 nitrogen and oxygen atoms in total. The fourth-order valence-corrected chi connectivity index (χ4v) is 3.17. The first-order chi connectivity index (χ1) is 12.7. The second-order valence-electron chi connectivity index (χ2n) is 6.43. The van der Waals surface area contributed by atoms with Gasteiger partial charge >= 0.3 is 5.97 Å². The van der Waals surface area contributed by atoms with Gasteiger partial charge < -0.3 is 14.4 Å². The molecule has 1 fully saturated rings. The maximum atomic E-state index is 12.9. The molecule has 0 aromatic heterocycles. The number of anilines is 1. The number of hydrogen-bond acceptors (Lipinski definition) is 4. The Kier molecular flexibility index (Phi) is 6.10. The number of piperidine rings is 1. The molecule has 0 radical (unpaired) electrons. The third-order valence-corrected chi connectivity index (χ3v) is 4.61. The number of carbonyl (C=O) groups is 1. The summed E-state index contributed by atoms with van der Waals surface area (Å²) < 4.78 is 23.8. The van der Waals surface area contributed by atoms with E-state index < -0.39 is 0 Å². The van der Waals surface area contributed by atoms with Crippen LogP contribution in [0.25, 0.3) is 0 Å². The van der Waals surface area contributed by atoms with E-state index in [4.69, 9.17) is 9.47 Å². The molecule has 0 N–H and O–H groups in total. The molecule has 0 atom stereocenters. The van der Waals surface area contributed by atoms with Gasteiger partial charge in [-0.3, -0.25) is 4.79 Å². The maximum absolute atomic E-state index is 12.9. The number of ether oxygens (including phenoxy) is 2. The molecule has 1 aliphatic rings. The molecule has 0 spiro atoms. The first kappa shape index (κ1) is 18.2. The smallest absolute Gasteiger partial charge is 0.309 e. The van der Waals surface area contributed by atoms with Crippen LogP contribution < -0.4 is 9.64 Å². The van der Waals surface area contributed by atoms with Crippen molar-refractivity contribution in [1.29, 1.82) is 0 Å². The van der Waals surface area contributed by atoms with Gasteiger partial charge in [-0.2, -0.15) is 0 Å². The minimum atomic E-state index is -0.273. The molecule has 0 saturated carbocycles. The van der Waals surface area contributed by atoms with Gasteiger partial charge in [-0.25, -0.2) is 4.39 Å². The maximum Gasteiger partial charge on any atom is 0.309 e. The zero-order valence-corrected chi connectivity index (χ0v) is 15.0. The van der Waals surface area contributed by atoms with E-state index in [1.165, 1.54) is 12.1 Å². The van der Waals surface area contributed by atoms with Gasteiger partial charge in [-0.1, -0.05) is 12.1 Å². The highest BCUT2D eigenvalue weighted by Crippen LogP contribution is 2.25. The third-order valence-electron chi connectivity index (χ3n) is 4.61. The number of benzene rings is 2. The van der Waals surface area contributed by atoms with Gasteiger partial charge in [0.15, 0.2) is 0 Å². The van der Waals surface area contributed by atoms with Crippen molar-refractivity contribution in [3.8, 4) is 5.75 Å². The summed E-state index contributed by atoms with van der Waals surface area (Å²) in [6.45, 7) is 4.39. The minimum absolute atomic E-state index is 0.0104. The van der Waals surface area contributed by atoms with Crippen LogP contribution in [0.5, 0.6) is 5.75 Å². The first-order valence-corrected chi connectivity index (χ1v) is 9.04. The second kappa shape index (κ2) is 8.70. The molecular weight excluding hydrogens is 333 g/mol. The van der Waals surface area contributed by atoms with Crippen molar-refractivity contribution in [2.75, 3.05) is 24.6 Å². The van der Waals surface area contributed by atoms with E-state index in [0.717, 1.165) is 37.2 Å². The normalized spacial score (nSPS) is 14.9. The summed E-state index contributed by atoms with van der Waals surface area (Å²) in [4.78, 5) is 14.1. The standard InChI is InChI=1S/C21H24FNO3/c1-2-25-21(24)17-10-12-23(13-11-17)19-5-3-4-16(14-19)15-26-20-8-6-18(22)7-9-20/h3-9,14,17H,2,10-13,15H2,1H3. The van der Waals surface area contributed by atoms with Crippen LogP contribution in [-0.2, 0) is 16.1 Å². The Morgan fingerprint density at radius 2 is 1.88 bits per heavy atom. The fourth-order valence-electron chi connectivity index (χ4n) is 3.17. The molecule has 1 saturated heterocycles. The van der Waals surface area contributed by atoms with Gasteiger partial charge in [0.25, 0.3) is 0 Å². The van der Waals surface area contributed by atoms with E-state index in [1.54, 1.807) is 12.1 Å². The molecule has 2 aromatic carbocycles. The largest absolute Gasteiger partial charge is 0.489 e. The van der Waals surface area contributed by atoms with Crippen LogP contribution in [0.2, 0.25) is 0 Å². The lowest BCUT2D eigenvalue weighted by molar-refractivity contribution is -0.148. The summed E-state index contributed by atoms with van der Waals surface area (Å²) in [7, 11) is 0. The Balaban J connectivity index is 1.56. The highest BCUT2D eigenvalue weighted by Gasteiger charge is 2.26. The molecule has 0 unspecified atom stereocenters. The lowest BCUT2D eigenvalue weighted by atomic mass is 9.96. The molecule has 0 aliphatic carbocycles. The summed E-state index contributed by atoms with van der Waals surface area (Å²) in [6, 6.07) is 14.2. The Hall–Kier alpha value is -2.56. The Bertz CT molecular complexity index is 724. The van der Waals surface area contributed by atoms with Crippen molar-refractivity contribution in [3.63, 3.8) is 0 Å². The lowest BCUT2D eigenvalue weighted by Gasteiger charge is -2.32. The lowest BCUT2D eigenvalue weighted by Crippen LogP contribution is -2.37. The Morgan fingerprint density at radius 1 is 1.15 bits per heavy atom. The Labute approximate surface area is 153 Å². The fraction of sp³-hybridized carbons (Fsp3) is 0.381. The average Bonchev–Trinajstić information content (AvgIpc) is 2.68. The van der Waals surface area contributed by atoms with Crippen molar-refractivity contribution in [2.24, 2.45) is 5.92 Å². The summed E-state index contributed by atoms with van der Waals surface area (Å²) in [5.41, 5.74) is 2.19. The van der Waals surface area contributed by atoms with Gasteiger partial charge in [-0.05, 0) is 61.7 Å². The molecule has 138 valence electrons. The number of halogens is 1. The molecule has 26 heavy (non-hydrogen) atoms. The number of nitrogens with zero attached hydrogens (tertiary/aromatic N) is 1. The number of carbonyl (C=O) groups excluding carboxylic acids is 1. The highest BCUT2D eigenvalue weighted by atomic mass is 19.1. The van der Waals surface area contributed by atoms with Gasteiger partial charge in [0.05, 0.1) is 12.5 Å². The van der Waals surface area contributed by atoms with E-state index in [0.29, 0.717) is 19.0 Å². The molecule has 5 heteroatoms. The highest BCUT2D eigenvalue weighted by molar-refractivity contribution is 5.72. The van der Waals surface area contributed by atoms with Gasteiger partial charge in [-0.15, -0.1) is 0 Å². The molecule has 0 bridgehead atoms. The van der Waals surface area contributed by atoms with Crippen LogP contribution in [-0.4, -0.2) is 25.7 Å². The SMILES string of the molecule is CCOC(=O)C1CCN(c2cccc(COc3ccc(F)cc3)c2)CC1. The summed E-state index contributed by atoms with van der Waals surface area (Å²) in [6.07, 6.45) is 1.63. The van der Waals surface area contributed by atoms with Crippen molar-refractivity contribution in [2.45, 2.75) is 26.4 Å².